The van der Waals surface area contributed by atoms with Gasteiger partial charge in [-0.05, 0) is 49.9 Å². The minimum Gasteiger partial charge on any atom is -0.497 e. The molecule has 0 aromatic heterocycles. The van der Waals surface area contributed by atoms with Crippen molar-refractivity contribution in [3.8, 4) is 5.75 Å². The third-order valence-corrected chi connectivity index (χ3v) is 5.13. The predicted octanol–water partition coefficient (Wildman–Crippen LogP) is 2.52. The van der Waals surface area contributed by atoms with E-state index in [0.29, 0.717) is 12.0 Å². The highest BCUT2D eigenvalue weighted by molar-refractivity contribution is 5.28. The fourth-order valence-electron chi connectivity index (χ4n) is 3.98. The first kappa shape index (κ1) is 13.9. The van der Waals surface area contributed by atoms with E-state index in [1.807, 2.05) is 12.1 Å². The van der Waals surface area contributed by atoms with Gasteiger partial charge in [0.15, 0.2) is 0 Å². The number of hydrogen-bond acceptors (Lipinski definition) is 3. The molecule has 0 spiro atoms. The molecular weight excluding hydrogens is 250 g/mol. The molecule has 1 saturated carbocycles. The molecule has 1 aromatic carbocycles. The van der Waals surface area contributed by atoms with E-state index in [-0.39, 0.29) is 0 Å². The minimum atomic E-state index is -0.416. The molecule has 2 fully saturated rings. The molecule has 1 aliphatic carbocycles. The maximum Gasteiger partial charge on any atom is 0.118 e. The summed E-state index contributed by atoms with van der Waals surface area (Å²) in [4.78, 5) is 0. The Morgan fingerprint density at radius 1 is 1.25 bits per heavy atom. The van der Waals surface area contributed by atoms with Crippen LogP contribution < -0.4 is 10.1 Å². The van der Waals surface area contributed by atoms with E-state index in [0.717, 1.165) is 38.0 Å². The van der Waals surface area contributed by atoms with Gasteiger partial charge >= 0.3 is 0 Å². The van der Waals surface area contributed by atoms with E-state index in [4.69, 9.17) is 4.74 Å². The Labute approximate surface area is 121 Å². The number of piperidine rings is 1. The summed E-state index contributed by atoms with van der Waals surface area (Å²) in [5.41, 5.74) is 0.902. The van der Waals surface area contributed by atoms with Crippen molar-refractivity contribution in [2.24, 2.45) is 5.92 Å². The second-order valence-corrected chi connectivity index (χ2v) is 6.32. The van der Waals surface area contributed by atoms with E-state index in [2.05, 4.69) is 17.4 Å². The smallest absolute Gasteiger partial charge is 0.118 e. The van der Waals surface area contributed by atoms with Crippen molar-refractivity contribution in [1.29, 1.82) is 0 Å². The lowest BCUT2D eigenvalue weighted by atomic mass is 9.67. The lowest BCUT2D eigenvalue weighted by Crippen LogP contribution is -2.58. The Morgan fingerprint density at radius 2 is 2.05 bits per heavy atom. The molecule has 0 amide bonds. The third kappa shape index (κ3) is 2.70. The Hall–Kier alpha value is -1.06. The van der Waals surface area contributed by atoms with Crippen LogP contribution in [0.5, 0.6) is 5.75 Å². The molecule has 0 bridgehead atoms. The summed E-state index contributed by atoms with van der Waals surface area (Å²) in [7, 11) is 1.69. The topological polar surface area (TPSA) is 41.5 Å². The Balaban J connectivity index is 1.71. The zero-order chi connectivity index (χ0) is 14.0. The Kier molecular flexibility index (Phi) is 3.99. The van der Waals surface area contributed by atoms with Crippen LogP contribution in [0.15, 0.2) is 24.3 Å². The fraction of sp³-hybridized carbons (Fsp3) is 0.647. The second-order valence-electron chi connectivity index (χ2n) is 6.32. The molecule has 0 unspecified atom stereocenters. The van der Waals surface area contributed by atoms with E-state index in [9.17, 15) is 5.11 Å². The Morgan fingerprint density at radius 3 is 2.80 bits per heavy atom. The van der Waals surface area contributed by atoms with Crippen molar-refractivity contribution >= 4 is 0 Å². The standard InChI is InChI=1S/C17H25NO2/c1-20-14-7-5-13(6-8-14)12-16-15-4-2-3-9-17(15,19)10-11-18-16/h5-8,15-16,18-19H,2-4,9-12H2,1H3/t15-,16-,17+/m0/s1. The van der Waals surface area contributed by atoms with Crippen LogP contribution in [0, 0.1) is 5.92 Å². The molecule has 110 valence electrons. The van der Waals surface area contributed by atoms with Gasteiger partial charge in [0.2, 0.25) is 0 Å². The number of aliphatic hydroxyl groups is 1. The summed E-state index contributed by atoms with van der Waals surface area (Å²) in [6, 6.07) is 8.72. The zero-order valence-electron chi connectivity index (χ0n) is 12.3. The largest absolute Gasteiger partial charge is 0.497 e. The quantitative estimate of drug-likeness (QED) is 0.890. The van der Waals surface area contributed by atoms with Crippen molar-refractivity contribution in [2.45, 2.75) is 50.2 Å². The second kappa shape index (κ2) is 5.74. The molecule has 3 heteroatoms. The van der Waals surface area contributed by atoms with Gasteiger partial charge in [0.1, 0.15) is 5.75 Å². The van der Waals surface area contributed by atoms with Crippen LogP contribution in [0.25, 0.3) is 0 Å². The molecule has 1 aliphatic heterocycles. The number of fused-ring (bicyclic) bond motifs is 1. The molecule has 2 N–H and O–H groups in total. The van der Waals surface area contributed by atoms with Gasteiger partial charge in [-0.3, -0.25) is 0 Å². The number of nitrogens with one attached hydrogen (secondary N) is 1. The first-order valence-corrected chi connectivity index (χ1v) is 7.80. The Bertz CT molecular complexity index is 441. The van der Waals surface area contributed by atoms with E-state index in [1.165, 1.54) is 18.4 Å². The molecule has 1 aromatic rings. The minimum absolute atomic E-state index is 0.405. The van der Waals surface area contributed by atoms with Gasteiger partial charge in [0.25, 0.3) is 0 Å². The highest BCUT2D eigenvalue weighted by atomic mass is 16.5. The normalized spacial score (nSPS) is 33.5. The molecule has 2 aliphatic rings. The molecule has 0 radical (unpaired) electrons. The summed E-state index contributed by atoms with van der Waals surface area (Å²) >= 11 is 0. The molecule has 3 rings (SSSR count). The van der Waals surface area contributed by atoms with Gasteiger partial charge in [0, 0.05) is 12.0 Å². The van der Waals surface area contributed by atoms with Gasteiger partial charge < -0.3 is 15.2 Å². The summed E-state index contributed by atoms with van der Waals surface area (Å²) in [6.45, 7) is 0.938. The van der Waals surface area contributed by atoms with Gasteiger partial charge in [-0.15, -0.1) is 0 Å². The van der Waals surface area contributed by atoms with Crippen LogP contribution in [0.2, 0.25) is 0 Å². The van der Waals surface area contributed by atoms with Crippen molar-refractivity contribution in [1.82, 2.24) is 5.32 Å². The van der Waals surface area contributed by atoms with Crippen molar-refractivity contribution < 1.29 is 9.84 Å². The molecule has 20 heavy (non-hydrogen) atoms. The summed E-state index contributed by atoms with van der Waals surface area (Å²) in [6.07, 6.45) is 6.49. The monoisotopic (exact) mass is 275 g/mol. The van der Waals surface area contributed by atoms with Crippen LogP contribution in [-0.2, 0) is 6.42 Å². The SMILES string of the molecule is COc1ccc(C[C@@H]2NCC[C@]3(O)CCCC[C@@H]23)cc1. The lowest BCUT2D eigenvalue weighted by molar-refractivity contribution is -0.0850. The molecule has 1 heterocycles. The highest BCUT2D eigenvalue weighted by Crippen LogP contribution is 2.41. The number of hydrogen-bond donors (Lipinski definition) is 2. The van der Waals surface area contributed by atoms with Gasteiger partial charge in [-0.2, -0.15) is 0 Å². The summed E-state index contributed by atoms with van der Waals surface area (Å²) in [5, 5.41) is 14.5. The van der Waals surface area contributed by atoms with Crippen LogP contribution in [0.1, 0.15) is 37.7 Å². The first-order valence-electron chi connectivity index (χ1n) is 7.80. The van der Waals surface area contributed by atoms with E-state index >= 15 is 0 Å². The van der Waals surface area contributed by atoms with Gasteiger partial charge in [0.05, 0.1) is 12.7 Å². The van der Waals surface area contributed by atoms with Crippen LogP contribution >= 0.6 is 0 Å². The first-order chi connectivity index (χ1) is 9.71. The zero-order valence-corrected chi connectivity index (χ0v) is 12.3. The lowest BCUT2D eigenvalue weighted by Gasteiger charge is -2.48. The predicted molar refractivity (Wildman–Crippen MR) is 80.0 cm³/mol. The summed E-state index contributed by atoms with van der Waals surface area (Å²) in [5.74, 6) is 1.31. The van der Waals surface area contributed by atoms with Crippen molar-refractivity contribution in [2.75, 3.05) is 13.7 Å². The van der Waals surface area contributed by atoms with Crippen molar-refractivity contribution in [3.63, 3.8) is 0 Å². The number of ether oxygens (including phenoxy) is 1. The van der Waals surface area contributed by atoms with Gasteiger partial charge in [-0.25, -0.2) is 0 Å². The van der Waals surface area contributed by atoms with E-state index in [1.54, 1.807) is 7.11 Å². The van der Waals surface area contributed by atoms with Crippen LogP contribution in [-0.4, -0.2) is 30.4 Å². The molecular formula is C17H25NO2. The number of rotatable bonds is 3. The van der Waals surface area contributed by atoms with E-state index < -0.39 is 5.60 Å². The highest BCUT2D eigenvalue weighted by Gasteiger charge is 2.45. The maximum atomic E-state index is 10.9. The number of methoxy groups -OCH3 is 1. The maximum absolute atomic E-state index is 10.9. The molecule has 3 atom stereocenters. The van der Waals surface area contributed by atoms with Crippen molar-refractivity contribution in [3.05, 3.63) is 29.8 Å². The average Bonchev–Trinajstić information content (AvgIpc) is 2.48. The van der Waals surface area contributed by atoms with Crippen LogP contribution in [0.3, 0.4) is 0 Å². The fourth-order valence-corrected chi connectivity index (χ4v) is 3.98. The van der Waals surface area contributed by atoms with Gasteiger partial charge in [-0.1, -0.05) is 25.0 Å². The molecule has 1 saturated heterocycles. The molecule has 3 nitrogen and oxygen atoms in total. The third-order valence-electron chi connectivity index (χ3n) is 5.13. The summed E-state index contributed by atoms with van der Waals surface area (Å²) < 4.78 is 5.21. The number of benzene rings is 1. The average molecular weight is 275 g/mol. The van der Waals surface area contributed by atoms with Crippen LogP contribution in [0.4, 0.5) is 0 Å².